The number of hydrogen-bond acceptors (Lipinski definition) is 7. The lowest BCUT2D eigenvalue weighted by atomic mass is 9.85. The van der Waals surface area contributed by atoms with E-state index in [0.29, 0.717) is 42.3 Å². The van der Waals surface area contributed by atoms with Crippen molar-refractivity contribution in [1.82, 2.24) is 0 Å². The molecule has 0 N–H and O–H groups in total. The average Bonchev–Trinajstić information content (AvgIpc) is 3.08. The Morgan fingerprint density at radius 3 is 1.78 bits per heavy atom. The van der Waals surface area contributed by atoms with Crippen molar-refractivity contribution in [3.63, 3.8) is 0 Å². The molecule has 1 aromatic carbocycles. The van der Waals surface area contributed by atoms with Gasteiger partial charge in [0.25, 0.3) is 0 Å². The van der Waals surface area contributed by atoms with Crippen molar-refractivity contribution in [2.45, 2.75) is 175 Å². The highest BCUT2D eigenvalue weighted by Gasteiger charge is 2.50. The molecule has 9 heteroatoms. The molecule has 8 atom stereocenters. The maximum Gasteiger partial charge on any atom is 0.309 e. The monoisotopic (exact) mass is 749 g/mol. The van der Waals surface area contributed by atoms with E-state index >= 15 is 0 Å². The second-order valence-corrected chi connectivity index (χ2v) is 26.5. The number of Topliss-reactive ketones (excluding diaryl/α,β-unsaturated/α-hetero) is 1. The number of rotatable bonds is 26. The van der Waals surface area contributed by atoms with Crippen LogP contribution < -0.4 is 0 Å². The van der Waals surface area contributed by atoms with Crippen molar-refractivity contribution >= 4 is 28.4 Å². The van der Waals surface area contributed by atoms with E-state index in [0.717, 1.165) is 18.4 Å². The average molecular weight is 749 g/mol. The Morgan fingerprint density at radius 1 is 0.784 bits per heavy atom. The molecule has 0 bridgehead atoms. The third-order valence-corrected chi connectivity index (χ3v) is 17.8. The molecular formula is C42H76O7Si2. The number of methoxy groups -OCH3 is 2. The van der Waals surface area contributed by atoms with E-state index in [1.54, 1.807) is 14.2 Å². The minimum absolute atomic E-state index is 0.0198. The van der Waals surface area contributed by atoms with Gasteiger partial charge in [-0.1, -0.05) is 112 Å². The number of carbonyl (C=O) groups is 2. The second-order valence-electron chi connectivity index (χ2n) is 16.6. The molecule has 51 heavy (non-hydrogen) atoms. The smallest absolute Gasteiger partial charge is 0.309 e. The molecule has 1 rings (SSSR count). The first-order valence-corrected chi connectivity index (χ1v) is 25.2. The Hall–Kier alpha value is -1.63. The van der Waals surface area contributed by atoms with Gasteiger partial charge in [0, 0.05) is 26.6 Å². The van der Waals surface area contributed by atoms with E-state index in [4.69, 9.17) is 23.1 Å². The Balaban J connectivity index is 3.44. The van der Waals surface area contributed by atoms with Crippen LogP contribution in [0.3, 0.4) is 0 Å². The summed E-state index contributed by atoms with van der Waals surface area (Å²) in [7, 11) is -0.974. The maximum absolute atomic E-state index is 14.0. The fourth-order valence-corrected chi connectivity index (χ4v) is 14.8. The molecular weight excluding hydrogens is 673 g/mol. The summed E-state index contributed by atoms with van der Waals surface area (Å²) in [6.07, 6.45) is 4.31. The first-order chi connectivity index (χ1) is 23.8. The Labute approximate surface area is 315 Å². The van der Waals surface area contributed by atoms with Crippen LogP contribution in [-0.4, -0.2) is 67.0 Å². The van der Waals surface area contributed by atoms with Gasteiger partial charge in [-0.25, -0.2) is 0 Å². The van der Waals surface area contributed by atoms with Crippen LogP contribution in [0.15, 0.2) is 43.0 Å². The second kappa shape index (κ2) is 22.6. The number of ketones is 1. The summed E-state index contributed by atoms with van der Waals surface area (Å²) in [6.45, 7) is 32.9. The molecule has 0 aliphatic carbocycles. The lowest BCUT2D eigenvalue weighted by Gasteiger charge is -2.49. The van der Waals surface area contributed by atoms with E-state index in [-0.39, 0.29) is 54.1 Å². The van der Waals surface area contributed by atoms with E-state index in [1.165, 1.54) is 0 Å². The molecule has 0 heterocycles. The van der Waals surface area contributed by atoms with Crippen LogP contribution in [0.5, 0.6) is 0 Å². The highest BCUT2D eigenvalue weighted by atomic mass is 28.4. The zero-order chi connectivity index (χ0) is 39.1. The van der Waals surface area contributed by atoms with Gasteiger partial charge in [0.1, 0.15) is 12.2 Å². The quantitative estimate of drug-likeness (QED) is 0.0404. The summed E-state index contributed by atoms with van der Waals surface area (Å²) in [5, 5.41) is 0. The normalized spacial score (nSPS) is 17.5. The Bertz CT molecular complexity index is 1130. The molecule has 0 saturated carbocycles. The van der Waals surface area contributed by atoms with Gasteiger partial charge in [0.05, 0.1) is 24.2 Å². The lowest BCUT2D eigenvalue weighted by Crippen LogP contribution is -2.57. The number of unbranched alkanes of at least 4 members (excludes halogenated alkanes) is 1. The molecule has 0 aliphatic heterocycles. The summed E-state index contributed by atoms with van der Waals surface area (Å²) in [4.78, 5) is 26.2. The van der Waals surface area contributed by atoms with Crippen LogP contribution in [0.25, 0.3) is 0 Å². The van der Waals surface area contributed by atoms with Crippen molar-refractivity contribution in [2.75, 3.05) is 14.2 Å². The first-order valence-electron chi connectivity index (χ1n) is 19.6. The van der Waals surface area contributed by atoms with Gasteiger partial charge in [0.15, 0.2) is 14.1 Å². The highest BCUT2D eigenvalue weighted by molar-refractivity contribution is 6.77. The topological polar surface area (TPSA) is 80.3 Å². The van der Waals surface area contributed by atoms with Crippen LogP contribution in [0.2, 0.25) is 36.3 Å². The van der Waals surface area contributed by atoms with Crippen LogP contribution in [-0.2, 0) is 32.7 Å². The van der Waals surface area contributed by atoms with Gasteiger partial charge in [-0.15, -0.1) is 6.58 Å². The third-order valence-electron chi connectivity index (χ3n) is 10.7. The Morgan fingerprint density at radius 2 is 1.33 bits per heavy atom. The van der Waals surface area contributed by atoms with Crippen molar-refractivity contribution in [3.8, 4) is 0 Å². The molecule has 7 nitrogen and oxygen atoms in total. The van der Waals surface area contributed by atoms with Gasteiger partial charge in [0.2, 0.25) is 8.32 Å². The fourth-order valence-electron chi connectivity index (χ4n) is 7.91. The van der Waals surface area contributed by atoms with Gasteiger partial charge >= 0.3 is 5.97 Å². The van der Waals surface area contributed by atoms with Gasteiger partial charge < -0.3 is 23.1 Å². The van der Waals surface area contributed by atoms with Gasteiger partial charge in [-0.2, -0.15) is 0 Å². The minimum atomic E-state index is -2.37. The highest BCUT2D eigenvalue weighted by Crippen LogP contribution is 2.45. The van der Waals surface area contributed by atoms with Crippen LogP contribution in [0.4, 0.5) is 0 Å². The van der Waals surface area contributed by atoms with E-state index in [9.17, 15) is 9.59 Å². The largest absolute Gasteiger partial charge is 0.457 e. The zero-order valence-corrected chi connectivity index (χ0v) is 37.1. The Kier molecular flexibility index (Phi) is 21.0. The van der Waals surface area contributed by atoms with Gasteiger partial charge in [-0.3, -0.25) is 9.59 Å². The van der Waals surface area contributed by atoms with Crippen LogP contribution in [0.1, 0.15) is 119 Å². The molecule has 0 spiro atoms. The van der Waals surface area contributed by atoms with Crippen LogP contribution in [0, 0.1) is 17.8 Å². The summed E-state index contributed by atoms with van der Waals surface area (Å²) in [6, 6.07) is 9.94. The minimum Gasteiger partial charge on any atom is -0.457 e. The van der Waals surface area contributed by atoms with Gasteiger partial charge in [-0.05, 0) is 73.4 Å². The number of ether oxygens (including phenoxy) is 3. The summed E-state index contributed by atoms with van der Waals surface area (Å²) >= 11 is 0. The number of hydrogen-bond donors (Lipinski definition) is 0. The fraction of sp³-hybridized carbons (Fsp3) is 0.762. The van der Waals surface area contributed by atoms with Crippen molar-refractivity contribution in [2.24, 2.45) is 17.8 Å². The number of benzene rings is 1. The SMILES string of the molecule is C=C[C@H](C)[C@H](O[Si](C)(C)C)[C@@H](C)[C@H](O[Si](C(C)C)(C(C)C)C(C)C)[C@H](CC(C)C(=O)O[C@@H](CCCC[C@H](OC)C(=O)CC)c1ccccc1)OC. The third kappa shape index (κ3) is 14.3. The molecule has 294 valence electrons. The lowest BCUT2D eigenvalue weighted by molar-refractivity contribution is -0.157. The summed E-state index contributed by atoms with van der Waals surface area (Å²) in [5.74, 6) is -0.469. The number of esters is 1. The van der Waals surface area contributed by atoms with Crippen molar-refractivity contribution in [3.05, 3.63) is 48.6 Å². The molecule has 0 aliphatic rings. The van der Waals surface area contributed by atoms with E-state index in [2.05, 4.69) is 81.6 Å². The molecule has 0 saturated heterocycles. The molecule has 0 fully saturated rings. The summed E-state index contributed by atoms with van der Waals surface area (Å²) in [5.41, 5.74) is 2.11. The standard InChI is InChI=1S/C42H76O7Si2/c1-17-32(9)40(48-50(14,15)16)34(11)41(49-51(29(3)4,30(5)6)31(7)8)39(46-13)28-33(10)42(44)47-37(35-24-20-19-21-25-35)26-22-23-27-38(45-12)36(43)18-2/h17,19-21,24-25,29-34,37-41H,1,18,22-23,26-28H2,2-16H3/t32-,33?,34+,37-,38-,39-,40-,41-/m0/s1. The first kappa shape index (κ1) is 47.4. The molecule has 1 unspecified atom stereocenters. The zero-order valence-electron chi connectivity index (χ0n) is 35.1. The van der Waals surface area contributed by atoms with Crippen LogP contribution >= 0.6 is 0 Å². The van der Waals surface area contributed by atoms with E-state index < -0.39 is 22.6 Å². The predicted octanol–water partition coefficient (Wildman–Crippen LogP) is 11.1. The van der Waals surface area contributed by atoms with Crippen molar-refractivity contribution < 1.29 is 32.7 Å². The predicted molar refractivity (Wildman–Crippen MR) is 217 cm³/mol. The number of carbonyl (C=O) groups excluding carboxylic acids is 2. The molecule has 0 aromatic heterocycles. The van der Waals surface area contributed by atoms with Crippen molar-refractivity contribution in [1.29, 1.82) is 0 Å². The molecule has 1 aromatic rings. The van der Waals surface area contributed by atoms with E-state index in [1.807, 2.05) is 50.3 Å². The summed E-state index contributed by atoms with van der Waals surface area (Å²) < 4.78 is 32.6. The maximum atomic E-state index is 14.0. The molecule has 0 radical (unpaired) electrons. The molecule has 0 amide bonds.